The summed E-state index contributed by atoms with van der Waals surface area (Å²) in [5.41, 5.74) is 1.16. The van der Waals surface area contributed by atoms with Gasteiger partial charge in [-0.05, 0) is 37.6 Å². The number of benzene rings is 1. The van der Waals surface area contributed by atoms with E-state index in [2.05, 4.69) is 10.6 Å². The van der Waals surface area contributed by atoms with Gasteiger partial charge in [-0.3, -0.25) is 10.1 Å². The van der Waals surface area contributed by atoms with Crippen LogP contribution in [-0.4, -0.2) is 37.7 Å². The third kappa shape index (κ3) is 5.85. The number of nitrogens with one attached hydrogen (secondary N) is 3. The van der Waals surface area contributed by atoms with Crippen molar-refractivity contribution in [2.24, 2.45) is 0 Å². The van der Waals surface area contributed by atoms with Crippen LogP contribution in [0.15, 0.2) is 24.3 Å². The van der Waals surface area contributed by atoms with E-state index in [0.717, 1.165) is 37.1 Å². The van der Waals surface area contributed by atoms with Crippen molar-refractivity contribution < 1.29 is 19.2 Å². The Morgan fingerprint density at radius 2 is 1.96 bits per heavy atom. The number of carbonyl (C=O) groups is 2. The highest BCUT2D eigenvalue weighted by atomic mass is 16.5. The zero-order valence-electron chi connectivity index (χ0n) is 14.7. The van der Waals surface area contributed by atoms with Gasteiger partial charge < -0.3 is 15.0 Å². The van der Waals surface area contributed by atoms with Crippen LogP contribution >= 0.6 is 0 Å². The van der Waals surface area contributed by atoms with Gasteiger partial charge in [-0.2, -0.15) is 0 Å². The molecule has 132 valence electrons. The zero-order chi connectivity index (χ0) is 17.5. The van der Waals surface area contributed by atoms with E-state index in [4.69, 9.17) is 4.74 Å². The molecule has 0 aromatic heterocycles. The largest absolute Gasteiger partial charge is 0.497 e. The van der Waals surface area contributed by atoms with Gasteiger partial charge in [0.15, 0.2) is 6.54 Å². The summed E-state index contributed by atoms with van der Waals surface area (Å²) in [6, 6.07) is 8.07. The Morgan fingerprint density at radius 1 is 1.29 bits per heavy atom. The zero-order valence-corrected chi connectivity index (χ0v) is 14.7. The van der Waals surface area contributed by atoms with E-state index < -0.39 is 6.03 Å². The second-order valence-electron chi connectivity index (χ2n) is 6.47. The molecule has 2 atom stereocenters. The fourth-order valence-corrected chi connectivity index (χ4v) is 2.59. The van der Waals surface area contributed by atoms with Crippen LogP contribution in [0.4, 0.5) is 4.79 Å². The summed E-state index contributed by atoms with van der Waals surface area (Å²) in [5, 5.41) is 5.18. The Labute approximate surface area is 143 Å². The topological polar surface area (TPSA) is 71.9 Å². The minimum absolute atomic E-state index is 0.0592. The summed E-state index contributed by atoms with van der Waals surface area (Å²) in [4.78, 5) is 25.1. The molecule has 1 fully saturated rings. The van der Waals surface area contributed by atoms with Gasteiger partial charge in [0.25, 0.3) is 5.91 Å². The van der Waals surface area contributed by atoms with E-state index in [1.165, 1.54) is 4.90 Å². The third-order valence-corrected chi connectivity index (χ3v) is 4.38. The van der Waals surface area contributed by atoms with Crippen molar-refractivity contribution in [3.63, 3.8) is 0 Å². The predicted molar refractivity (Wildman–Crippen MR) is 92.0 cm³/mol. The smallest absolute Gasteiger partial charge is 0.321 e. The Balaban J connectivity index is 1.86. The average Bonchev–Trinajstić information content (AvgIpc) is 3.39. The molecule has 1 unspecified atom stereocenters. The van der Waals surface area contributed by atoms with Crippen molar-refractivity contribution in [1.29, 1.82) is 0 Å². The SMILES string of the molecule is CC[C@@H](C)NC(=O)NC(=O)C[NH+](Cc1ccc(OC)cc1)C1CC1. The number of hydrogen-bond acceptors (Lipinski definition) is 3. The first-order chi connectivity index (χ1) is 11.5. The maximum atomic E-state index is 12.1. The molecule has 1 aliphatic carbocycles. The quantitative estimate of drug-likeness (QED) is 0.660. The molecular formula is C18H28N3O3+. The maximum absolute atomic E-state index is 12.1. The second kappa shape index (κ2) is 8.68. The molecule has 0 radical (unpaired) electrons. The van der Waals surface area contributed by atoms with Gasteiger partial charge in [0.2, 0.25) is 0 Å². The minimum atomic E-state index is -0.408. The van der Waals surface area contributed by atoms with Gasteiger partial charge in [0, 0.05) is 24.4 Å². The van der Waals surface area contributed by atoms with E-state index in [1.807, 2.05) is 38.1 Å². The number of quaternary nitrogens is 1. The summed E-state index contributed by atoms with van der Waals surface area (Å²) in [6.45, 7) is 4.98. The lowest BCUT2D eigenvalue weighted by Gasteiger charge is -2.19. The molecule has 3 N–H and O–H groups in total. The number of carbonyl (C=O) groups excluding carboxylic acids is 2. The molecule has 6 nitrogen and oxygen atoms in total. The first kappa shape index (κ1) is 18.3. The van der Waals surface area contributed by atoms with Crippen LogP contribution in [0.5, 0.6) is 5.75 Å². The molecule has 0 heterocycles. The number of imide groups is 1. The highest BCUT2D eigenvalue weighted by Gasteiger charge is 2.34. The van der Waals surface area contributed by atoms with E-state index in [9.17, 15) is 9.59 Å². The summed E-state index contributed by atoms with van der Waals surface area (Å²) < 4.78 is 5.17. The first-order valence-corrected chi connectivity index (χ1v) is 8.59. The normalized spacial score (nSPS) is 16.1. The number of amides is 3. The number of hydrogen-bond donors (Lipinski definition) is 3. The van der Waals surface area contributed by atoms with Gasteiger partial charge in [0.1, 0.15) is 12.3 Å². The molecule has 24 heavy (non-hydrogen) atoms. The van der Waals surface area contributed by atoms with Crippen LogP contribution in [0.1, 0.15) is 38.7 Å². The molecule has 0 bridgehead atoms. The van der Waals surface area contributed by atoms with Crippen LogP contribution in [-0.2, 0) is 11.3 Å². The molecule has 6 heteroatoms. The van der Waals surface area contributed by atoms with Gasteiger partial charge in [-0.25, -0.2) is 4.79 Å². The molecule has 0 saturated heterocycles. The molecule has 1 aromatic rings. The van der Waals surface area contributed by atoms with Crippen molar-refractivity contribution in [2.75, 3.05) is 13.7 Å². The second-order valence-corrected chi connectivity index (χ2v) is 6.47. The van der Waals surface area contributed by atoms with E-state index in [0.29, 0.717) is 12.6 Å². The summed E-state index contributed by atoms with van der Waals surface area (Å²) in [6.07, 6.45) is 3.11. The number of ether oxygens (including phenoxy) is 1. The highest BCUT2D eigenvalue weighted by Crippen LogP contribution is 2.16. The van der Waals surface area contributed by atoms with Crippen LogP contribution in [0, 0.1) is 0 Å². The van der Waals surface area contributed by atoms with Gasteiger partial charge in [0.05, 0.1) is 13.2 Å². The van der Waals surface area contributed by atoms with Crippen LogP contribution in [0.3, 0.4) is 0 Å². The molecular weight excluding hydrogens is 306 g/mol. The van der Waals surface area contributed by atoms with Gasteiger partial charge >= 0.3 is 6.03 Å². The van der Waals surface area contributed by atoms with Gasteiger partial charge in [-0.1, -0.05) is 6.92 Å². The molecule has 2 rings (SSSR count). The first-order valence-electron chi connectivity index (χ1n) is 8.59. The summed E-state index contributed by atoms with van der Waals surface area (Å²) in [5.74, 6) is 0.595. The lowest BCUT2D eigenvalue weighted by molar-refractivity contribution is -0.917. The number of urea groups is 1. The third-order valence-electron chi connectivity index (χ3n) is 4.38. The van der Waals surface area contributed by atoms with Crippen molar-refractivity contribution in [2.45, 2.75) is 51.7 Å². The Kier molecular flexibility index (Phi) is 6.61. The van der Waals surface area contributed by atoms with Crippen LogP contribution in [0.25, 0.3) is 0 Å². The maximum Gasteiger partial charge on any atom is 0.321 e. The van der Waals surface area contributed by atoms with E-state index in [-0.39, 0.29) is 11.9 Å². The predicted octanol–water partition coefficient (Wildman–Crippen LogP) is 0.867. The Hall–Kier alpha value is -2.08. The highest BCUT2D eigenvalue weighted by molar-refractivity contribution is 5.94. The molecule has 1 aliphatic rings. The minimum Gasteiger partial charge on any atom is -0.497 e. The van der Waals surface area contributed by atoms with Crippen molar-refractivity contribution >= 4 is 11.9 Å². The number of rotatable bonds is 8. The van der Waals surface area contributed by atoms with Crippen LogP contribution in [0.2, 0.25) is 0 Å². The van der Waals surface area contributed by atoms with Crippen molar-refractivity contribution in [1.82, 2.24) is 10.6 Å². The Morgan fingerprint density at radius 3 is 2.50 bits per heavy atom. The fraction of sp³-hybridized carbons (Fsp3) is 0.556. The lowest BCUT2D eigenvalue weighted by Crippen LogP contribution is -3.13. The molecule has 1 aromatic carbocycles. The number of methoxy groups -OCH3 is 1. The van der Waals surface area contributed by atoms with E-state index >= 15 is 0 Å². The summed E-state index contributed by atoms with van der Waals surface area (Å²) >= 11 is 0. The van der Waals surface area contributed by atoms with Crippen molar-refractivity contribution in [3.8, 4) is 5.75 Å². The lowest BCUT2D eigenvalue weighted by atomic mass is 10.2. The molecule has 1 saturated carbocycles. The van der Waals surface area contributed by atoms with Gasteiger partial charge in [-0.15, -0.1) is 0 Å². The standard InChI is InChI=1S/C18H27N3O3/c1-4-13(2)19-18(23)20-17(22)12-21(15-7-8-15)11-14-5-9-16(24-3)10-6-14/h5-6,9-10,13,15H,4,7-8,11-12H2,1-3H3,(H2,19,20,22,23)/p+1/t13-/m1/s1. The average molecular weight is 334 g/mol. The molecule has 0 spiro atoms. The fourth-order valence-electron chi connectivity index (χ4n) is 2.59. The Bertz CT molecular complexity index is 555. The van der Waals surface area contributed by atoms with Crippen molar-refractivity contribution in [3.05, 3.63) is 29.8 Å². The summed E-state index contributed by atoms with van der Waals surface area (Å²) in [7, 11) is 1.64. The van der Waals surface area contributed by atoms with Crippen LogP contribution < -0.4 is 20.3 Å². The monoisotopic (exact) mass is 334 g/mol. The van der Waals surface area contributed by atoms with E-state index in [1.54, 1.807) is 7.11 Å². The molecule has 0 aliphatic heterocycles. The molecule has 3 amide bonds.